The molecule has 8 heteroatoms. The Morgan fingerprint density at radius 2 is 2.05 bits per heavy atom. The second kappa shape index (κ2) is 4.90. The lowest BCUT2D eigenvalue weighted by atomic mass is 10.2. The summed E-state index contributed by atoms with van der Waals surface area (Å²) in [6.07, 6.45) is 0. The summed E-state index contributed by atoms with van der Waals surface area (Å²) in [4.78, 5) is 11.8. The van der Waals surface area contributed by atoms with Gasteiger partial charge in [0.2, 0.25) is 0 Å². The number of carbonyl (C=O) groups is 1. The molecule has 0 bridgehead atoms. The highest BCUT2D eigenvalue weighted by Crippen LogP contribution is 2.35. The Balaban J connectivity index is 2.22. The molecule has 0 atom stereocenters. The normalized spacial score (nSPS) is 10.7. The first-order valence-corrected chi connectivity index (χ1v) is 6.88. The minimum Gasteiger partial charge on any atom is -0.476 e. The molecule has 0 saturated carbocycles. The van der Waals surface area contributed by atoms with Crippen molar-refractivity contribution in [2.24, 2.45) is 0 Å². The highest BCUT2D eigenvalue weighted by atomic mass is 32.2. The van der Waals surface area contributed by atoms with Crippen LogP contribution in [0.15, 0.2) is 39.0 Å². The van der Waals surface area contributed by atoms with Gasteiger partial charge in [0.05, 0.1) is 10.4 Å². The standard InChI is InChI=1S/C11H6N4O2S2/c16-10(17)8-9(19-11-15-12-5-18-11)6-3-1-2-4-7(6)13-14-8/h1-5H,(H,16,17). The molecular weight excluding hydrogens is 284 g/mol. The van der Waals surface area contributed by atoms with Gasteiger partial charge in [0, 0.05) is 5.39 Å². The Bertz CT molecular complexity index is 746. The van der Waals surface area contributed by atoms with Gasteiger partial charge in [-0.25, -0.2) is 4.79 Å². The van der Waals surface area contributed by atoms with Gasteiger partial charge in [-0.15, -0.1) is 20.4 Å². The van der Waals surface area contributed by atoms with Crippen LogP contribution in [0.5, 0.6) is 0 Å². The fourth-order valence-electron chi connectivity index (χ4n) is 1.57. The number of hydrogen-bond acceptors (Lipinski definition) is 7. The summed E-state index contributed by atoms with van der Waals surface area (Å²) in [7, 11) is 0. The highest BCUT2D eigenvalue weighted by molar-refractivity contribution is 8.01. The number of carboxylic acids is 1. The summed E-state index contributed by atoms with van der Waals surface area (Å²) in [5.74, 6) is -1.11. The van der Waals surface area contributed by atoms with Gasteiger partial charge in [-0.3, -0.25) is 0 Å². The summed E-state index contributed by atoms with van der Waals surface area (Å²) in [5, 5.41) is 25.3. The summed E-state index contributed by atoms with van der Waals surface area (Å²) in [6, 6.07) is 7.27. The number of carboxylic acid groups (broad SMARTS) is 1. The van der Waals surface area contributed by atoms with E-state index < -0.39 is 5.97 Å². The van der Waals surface area contributed by atoms with Gasteiger partial charge >= 0.3 is 5.97 Å². The van der Waals surface area contributed by atoms with Crippen molar-refractivity contribution in [1.29, 1.82) is 0 Å². The molecule has 2 aromatic heterocycles. The predicted molar refractivity (Wildman–Crippen MR) is 70.5 cm³/mol. The van der Waals surface area contributed by atoms with Gasteiger partial charge in [-0.1, -0.05) is 41.3 Å². The van der Waals surface area contributed by atoms with Gasteiger partial charge in [0.25, 0.3) is 0 Å². The molecule has 0 radical (unpaired) electrons. The van der Waals surface area contributed by atoms with Crippen LogP contribution in [0.1, 0.15) is 10.5 Å². The van der Waals surface area contributed by atoms with E-state index in [4.69, 9.17) is 0 Å². The maximum atomic E-state index is 11.2. The Kier molecular flexibility index (Phi) is 3.10. The maximum absolute atomic E-state index is 11.2. The largest absolute Gasteiger partial charge is 0.476 e. The molecular formula is C11H6N4O2S2. The van der Waals surface area contributed by atoms with Crippen molar-refractivity contribution in [2.75, 3.05) is 0 Å². The molecule has 3 aromatic rings. The third-order valence-corrected chi connectivity index (χ3v) is 4.25. The molecule has 0 aliphatic carbocycles. The Morgan fingerprint density at radius 3 is 2.79 bits per heavy atom. The molecule has 0 spiro atoms. The van der Waals surface area contributed by atoms with Crippen molar-refractivity contribution in [1.82, 2.24) is 20.4 Å². The van der Waals surface area contributed by atoms with Crippen LogP contribution in [0.3, 0.4) is 0 Å². The summed E-state index contributed by atoms with van der Waals surface area (Å²) in [6.45, 7) is 0. The van der Waals surface area contributed by atoms with E-state index in [-0.39, 0.29) is 5.69 Å². The van der Waals surface area contributed by atoms with Crippen molar-refractivity contribution in [3.63, 3.8) is 0 Å². The number of nitrogens with zero attached hydrogens (tertiary/aromatic N) is 4. The predicted octanol–water partition coefficient (Wildman–Crippen LogP) is 2.33. The first-order chi connectivity index (χ1) is 9.25. The minimum absolute atomic E-state index is 0.0705. The van der Waals surface area contributed by atoms with E-state index in [1.165, 1.54) is 23.1 Å². The van der Waals surface area contributed by atoms with Gasteiger partial charge in [0.1, 0.15) is 5.51 Å². The molecule has 0 aliphatic heterocycles. The fraction of sp³-hybridized carbons (Fsp3) is 0. The number of aromatic carboxylic acids is 1. The quantitative estimate of drug-likeness (QED) is 0.791. The third kappa shape index (κ3) is 2.27. The van der Waals surface area contributed by atoms with Crippen molar-refractivity contribution < 1.29 is 9.90 Å². The van der Waals surface area contributed by atoms with Crippen LogP contribution >= 0.6 is 23.1 Å². The van der Waals surface area contributed by atoms with E-state index >= 15 is 0 Å². The van der Waals surface area contributed by atoms with Crippen LogP contribution in [0, 0.1) is 0 Å². The highest BCUT2D eigenvalue weighted by Gasteiger charge is 2.18. The molecule has 0 fully saturated rings. The first kappa shape index (κ1) is 12.0. The molecule has 0 amide bonds. The molecule has 3 rings (SSSR count). The van der Waals surface area contributed by atoms with Crippen molar-refractivity contribution in [2.45, 2.75) is 9.24 Å². The molecule has 0 unspecified atom stereocenters. The molecule has 0 saturated heterocycles. The van der Waals surface area contributed by atoms with Gasteiger partial charge in [-0.2, -0.15) is 0 Å². The summed E-state index contributed by atoms with van der Waals surface area (Å²) in [5.41, 5.74) is 2.18. The van der Waals surface area contributed by atoms with Crippen LogP contribution in [0.25, 0.3) is 10.9 Å². The topological polar surface area (TPSA) is 88.9 Å². The second-order valence-electron chi connectivity index (χ2n) is 3.51. The fourth-order valence-corrected chi connectivity index (χ4v) is 3.19. The lowest BCUT2D eigenvalue weighted by molar-refractivity contribution is 0.0685. The average molecular weight is 290 g/mol. The first-order valence-electron chi connectivity index (χ1n) is 5.18. The second-order valence-corrected chi connectivity index (χ2v) is 5.60. The number of benzene rings is 1. The molecule has 1 N–H and O–H groups in total. The lowest BCUT2D eigenvalue weighted by Gasteiger charge is -2.05. The maximum Gasteiger partial charge on any atom is 0.357 e. The van der Waals surface area contributed by atoms with Crippen LogP contribution in [0.2, 0.25) is 0 Å². The average Bonchev–Trinajstić information content (AvgIpc) is 2.92. The van der Waals surface area contributed by atoms with E-state index in [0.717, 1.165) is 5.39 Å². The van der Waals surface area contributed by atoms with Crippen LogP contribution in [-0.2, 0) is 0 Å². The van der Waals surface area contributed by atoms with E-state index in [1.54, 1.807) is 11.6 Å². The van der Waals surface area contributed by atoms with Crippen LogP contribution in [-0.4, -0.2) is 31.5 Å². The van der Waals surface area contributed by atoms with Crippen LogP contribution in [0.4, 0.5) is 0 Å². The number of fused-ring (bicyclic) bond motifs is 1. The molecule has 6 nitrogen and oxygen atoms in total. The van der Waals surface area contributed by atoms with E-state index in [0.29, 0.717) is 14.8 Å². The Labute approximate surface area is 115 Å². The van der Waals surface area contributed by atoms with E-state index in [2.05, 4.69) is 20.4 Å². The summed E-state index contributed by atoms with van der Waals surface area (Å²) < 4.78 is 0.667. The molecule has 19 heavy (non-hydrogen) atoms. The zero-order chi connectivity index (χ0) is 13.2. The van der Waals surface area contributed by atoms with Crippen molar-refractivity contribution >= 4 is 40.0 Å². The Morgan fingerprint density at radius 1 is 1.21 bits per heavy atom. The number of aromatic nitrogens is 4. The number of rotatable bonds is 3. The van der Waals surface area contributed by atoms with Gasteiger partial charge in [-0.05, 0) is 6.07 Å². The molecule has 1 aromatic carbocycles. The van der Waals surface area contributed by atoms with Crippen LogP contribution < -0.4 is 0 Å². The van der Waals surface area contributed by atoms with Crippen molar-refractivity contribution in [3.05, 3.63) is 35.5 Å². The smallest absolute Gasteiger partial charge is 0.357 e. The Hall–Kier alpha value is -2.06. The minimum atomic E-state index is -1.11. The van der Waals surface area contributed by atoms with E-state index in [9.17, 15) is 9.90 Å². The zero-order valence-electron chi connectivity index (χ0n) is 9.35. The number of hydrogen-bond donors (Lipinski definition) is 1. The molecule has 2 heterocycles. The van der Waals surface area contributed by atoms with Crippen molar-refractivity contribution in [3.8, 4) is 0 Å². The van der Waals surface area contributed by atoms with Gasteiger partial charge in [0.15, 0.2) is 10.0 Å². The summed E-state index contributed by atoms with van der Waals surface area (Å²) >= 11 is 2.59. The third-order valence-electron chi connectivity index (χ3n) is 2.35. The lowest BCUT2D eigenvalue weighted by Crippen LogP contribution is -2.05. The molecule has 94 valence electrons. The monoisotopic (exact) mass is 290 g/mol. The molecule has 0 aliphatic rings. The van der Waals surface area contributed by atoms with Gasteiger partial charge < -0.3 is 5.11 Å². The van der Waals surface area contributed by atoms with E-state index in [1.807, 2.05) is 18.2 Å². The zero-order valence-corrected chi connectivity index (χ0v) is 11.0. The SMILES string of the molecule is O=C(O)c1nnc2ccccc2c1Sc1nncs1.